The highest BCUT2D eigenvalue weighted by Gasteiger charge is 2.41. The van der Waals surface area contributed by atoms with Gasteiger partial charge in [-0.3, -0.25) is 10.1 Å². The normalized spacial score (nSPS) is 10.8. The standard InChI is InChI=1S/C7H2F3N3O2/c8-7(9,10)6-5(13(14)15)4(3-11)1-2-12-6/h1-2H. The molecular formula is C7H2F3N3O2. The van der Waals surface area contributed by atoms with E-state index in [0.29, 0.717) is 6.20 Å². The van der Waals surface area contributed by atoms with Crippen LogP contribution >= 0.6 is 0 Å². The molecule has 0 aromatic carbocycles. The van der Waals surface area contributed by atoms with Gasteiger partial charge < -0.3 is 0 Å². The van der Waals surface area contributed by atoms with Crippen molar-refractivity contribution < 1.29 is 18.1 Å². The summed E-state index contributed by atoms with van der Waals surface area (Å²) in [4.78, 5) is 12.0. The monoisotopic (exact) mass is 217 g/mol. The van der Waals surface area contributed by atoms with Crippen LogP contribution in [0, 0.1) is 21.4 Å². The van der Waals surface area contributed by atoms with Crippen molar-refractivity contribution >= 4 is 5.69 Å². The smallest absolute Gasteiger partial charge is 0.258 e. The lowest BCUT2D eigenvalue weighted by Gasteiger charge is -2.05. The SMILES string of the molecule is N#Cc1ccnc(C(F)(F)F)c1[N+](=O)[O-]. The van der Waals surface area contributed by atoms with Crippen molar-refractivity contribution in [1.29, 1.82) is 5.26 Å². The summed E-state index contributed by atoms with van der Waals surface area (Å²) in [6.07, 6.45) is -4.25. The molecule has 1 heterocycles. The highest BCUT2D eigenvalue weighted by atomic mass is 19.4. The average Bonchev–Trinajstić information content (AvgIpc) is 2.15. The number of aromatic nitrogens is 1. The van der Waals surface area contributed by atoms with Crippen LogP contribution in [-0.4, -0.2) is 9.91 Å². The van der Waals surface area contributed by atoms with Gasteiger partial charge >= 0.3 is 11.9 Å². The summed E-state index contributed by atoms with van der Waals surface area (Å²) in [7, 11) is 0. The first kappa shape index (κ1) is 10.9. The van der Waals surface area contributed by atoms with Gasteiger partial charge in [0.1, 0.15) is 11.6 Å². The lowest BCUT2D eigenvalue weighted by Crippen LogP contribution is -2.12. The van der Waals surface area contributed by atoms with Crippen LogP contribution in [0.15, 0.2) is 12.3 Å². The van der Waals surface area contributed by atoms with E-state index in [1.807, 2.05) is 0 Å². The third kappa shape index (κ3) is 2.01. The summed E-state index contributed by atoms with van der Waals surface area (Å²) in [5.41, 5.74) is -3.64. The molecule has 0 bridgehead atoms. The van der Waals surface area contributed by atoms with Gasteiger partial charge in [0.2, 0.25) is 5.69 Å². The zero-order valence-corrected chi connectivity index (χ0v) is 6.95. The predicted molar refractivity (Wildman–Crippen MR) is 40.6 cm³/mol. The molecule has 1 rings (SSSR count). The molecule has 0 saturated carbocycles. The van der Waals surface area contributed by atoms with E-state index in [0.717, 1.165) is 6.07 Å². The van der Waals surface area contributed by atoms with Gasteiger partial charge in [-0.05, 0) is 6.07 Å². The van der Waals surface area contributed by atoms with E-state index < -0.39 is 28.0 Å². The Labute approximate surface area is 80.9 Å². The Morgan fingerprint density at radius 2 is 2.13 bits per heavy atom. The van der Waals surface area contributed by atoms with Gasteiger partial charge in [0, 0.05) is 6.20 Å². The topological polar surface area (TPSA) is 79.8 Å². The van der Waals surface area contributed by atoms with E-state index in [2.05, 4.69) is 4.98 Å². The molecule has 0 aliphatic carbocycles. The number of alkyl halides is 3. The van der Waals surface area contributed by atoms with Crippen molar-refractivity contribution in [2.45, 2.75) is 6.18 Å². The first-order chi connectivity index (χ1) is 6.88. The fourth-order valence-corrected chi connectivity index (χ4v) is 0.936. The first-order valence-corrected chi connectivity index (χ1v) is 3.48. The summed E-state index contributed by atoms with van der Waals surface area (Å²) >= 11 is 0. The Balaban J connectivity index is 3.55. The number of nitriles is 1. The molecule has 8 heteroatoms. The van der Waals surface area contributed by atoms with Crippen LogP contribution in [0.5, 0.6) is 0 Å². The van der Waals surface area contributed by atoms with E-state index in [4.69, 9.17) is 5.26 Å². The maximum Gasteiger partial charge on any atom is 0.440 e. The van der Waals surface area contributed by atoms with E-state index in [9.17, 15) is 23.3 Å². The van der Waals surface area contributed by atoms with E-state index in [1.54, 1.807) is 0 Å². The number of nitro groups is 1. The highest BCUT2D eigenvalue weighted by Crippen LogP contribution is 2.35. The Bertz CT molecular complexity index is 450. The van der Waals surface area contributed by atoms with Crippen LogP contribution in [0.25, 0.3) is 0 Å². The minimum absolute atomic E-state index is 0.665. The maximum absolute atomic E-state index is 12.2. The molecule has 0 aliphatic rings. The summed E-state index contributed by atoms with van der Waals surface area (Å²) in [5, 5.41) is 18.8. The van der Waals surface area contributed by atoms with Gasteiger partial charge in [-0.25, -0.2) is 4.98 Å². The second kappa shape index (κ2) is 3.53. The van der Waals surface area contributed by atoms with Crippen LogP contribution in [-0.2, 0) is 6.18 Å². The Hall–Kier alpha value is -2.17. The number of hydrogen-bond acceptors (Lipinski definition) is 4. The van der Waals surface area contributed by atoms with Crippen molar-refractivity contribution in [2.24, 2.45) is 0 Å². The summed E-state index contributed by atoms with van der Waals surface area (Å²) in [6, 6.07) is 2.16. The van der Waals surface area contributed by atoms with Gasteiger partial charge in [-0.15, -0.1) is 0 Å². The second-order valence-corrected chi connectivity index (χ2v) is 2.42. The van der Waals surface area contributed by atoms with Crippen molar-refractivity contribution in [3.8, 4) is 6.07 Å². The molecule has 0 N–H and O–H groups in total. The van der Waals surface area contributed by atoms with Gasteiger partial charge in [0.05, 0.1) is 4.92 Å². The molecule has 0 amide bonds. The van der Waals surface area contributed by atoms with Crippen LogP contribution in [0.1, 0.15) is 11.3 Å². The van der Waals surface area contributed by atoms with Crippen LogP contribution in [0.2, 0.25) is 0 Å². The molecule has 15 heavy (non-hydrogen) atoms. The molecule has 5 nitrogen and oxygen atoms in total. The summed E-state index contributed by atoms with van der Waals surface area (Å²) < 4.78 is 36.7. The van der Waals surface area contributed by atoms with E-state index in [-0.39, 0.29) is 0 Å². The Kier molecular flexibility index (Phi) is 2.57. The number of pyridine rings is 1. The minimum atomic E-state index is -4.95. The van der Waals surface area contributed by atoms with Gasteiger partial charge in [0.15, 0.2) is 0 Å². The molecule has 1 aromatic heterocycles. The van der Waals surface area contributed by atoms with Gasteiger partial charge in [-0.2, -0.15) is 18.4 Å². The highest BCUT2D eigenvalue weighted by molar-refractivity contribution is 5.51. The van der Waals surface area contributed by atoms with Crippen molar-refractivity contribution in [3.05, 3.63) is 33.6 Å². The number of hydrogen-bond donors (Lipinski definition) is 0. The Morgan fingerprint density at radius 1 is 1.53 bits per heavy atom. The predicted octanol–water partition coefficient (Wildman–Crippen LogP) is 1.88. The fourth-order valence-electron chi connectivity index (χ4n) is 0.936. The summed E-state index contributed by atoms with van der Waals surface area (Å²) in [5.74, 6) is 0. The lowest BCUT2D eigenvalue weighted by molar-refractivity contribution is -0.388. The van der Waals surface area contributed by atoms with E-state index in [1.165, 1.54) is 6.07 Å². The number of rotatable bonds is 1. The van der Waals surface area contributed by atoms with Crippen molar-refractivity contribution in [3.63, 3.8) is 0 Å². The maximum atomic E-state index is 12.2. The molecular weight excluding hydrogens is 215 g/mol. The molecule has 0 radical (unpaired) electrons. The zero-order valence-electron chi connectivity index (χ0n) is 6.95. The third-order valence-corrected chi connectivity index (χ3v) is 1.50. The molecule has 0 saturated heterocycles. The first-order valence-electron chi connectivity index (χ1n) is 3.48. The van der Waals surface area contributed by atoms with Crippen molar-refractivity contribution in [2.75, 3.05) is 0 Å². The van der Waals surface area contributed by atoms with E-state index >= 15 is 0 Å². The number of nitrogens with zero attached hydrogens (tertiary/aromatic N) is 3. The lowest BCUT2D eigenvalue weighted by atomic mass is 10.2. The molecule has 1 aromatic rings. The van der Waals surface area contributed by atoms with Crippen LogP contribution < -0.4 is 0 Å². The Morgan fingerprint density at radius 3 is 2.53 bits per heavy atom. The quantitative estimate of drug-likeness (QED) is 0.531. The molecule has 0 spiro atoms. The zero-order chi connectivity index (χ0) is 11.6. The summed E-state index contributed by atoms with van der Waals surface area (Å²) in [6.45, 7) is 0. The molecule has 0 atom stereocenters. The minimum Gasteiger partial charge on any atom is -0.258 e. The van der Waals surface area contributed by atoms with Crippen molar-refractivity contribution in [1.82, 2.24) is 4.98 Å². The fraction of sp³-hybridized carbons (Fsp3) is 0.143. The molecule has 0 aliphatic heterocycles. The molecule has 0 unspecified atom stereocenters. The van der Waals surface area contributed by atoms with Crippen LogP contribution in [0.3, 0.4) is 0 Å². The van der Waals surface area contributed by atoms with Gasteiger partial charge in [0.25, 0.3) is 0 Å². The average molecular weight is 217 g/mol. The second-order valence-electron chi connectivity index (χ2n) is 2.42. The third-order valence-electron chi connectivity index (χ3n) is 1.50. The largest absolute Gasteiger partial charge is 0.440 e. The molecule has 0 fully saturated rings. The molecule has 78 valence electrons. The van der Waals surface area contributed by atoms with Gasteiger partial charge in [-0.1, -0.05) is 0 Å². The van der Waals surface area contributed by atoms with Crippen LogP contribution in [0.4, 0.5) is 18.9 Å². The number of halogens is 3.